The van der Waals surface area contributed by atoms with Gasteiger partial charge in [-0.15, -0.1) is 0 Å². The van der Waals surface area contributed by atoms with Crippen molar-refractivity contribution in [2.75, 3.05) is 0 Å². The van der Waals surface area contributed by atoms with Gasteiger partial charge in [0.25, 0.3) is 0 Å². The molecule has 0 aromatic heterocycles. The van der Waals surface area contributed by atoms with Crippen LogP contribution in [0, 0.1) is 0 Å². The van der Waals surface area contributed by atoms with Gasteiger partial charge >= 0.3 is 0 Å². The van der Waals surface area contributed by atoms with Gasteiger partial charge in [-0.25, -0.2) is 0 Å². The summed E-state index contributed by atoms with van der Waals surface area (Å²) < 4.78 is 0. The number of rotatable bonds is 5. The molecular weight excluding hydrogens is 220 g/mol. The van der Waals surface area contributed by atoms with Crippen LogP contribution in [0.4, 0.5) is 0 Å². The maximum absolute atomic E-state index is 3.81. The van der Waals surface area contributed by atoms with Gasteiger partial charge < -0.3 is 10.6 Å². The average molecular weight is 252 g/mol. The van der Waals surface area contributed by atoms with Gasteiger partial charge in [-0.1, -0.05) is 53.0 Å². The molecule has 0 radical (unpaired) electrons. The Morgan fingerprint density at radius 2 is 0.944 bits per heavy atom. The molecule has 106 valence electrons. The van der Waals surface area contributed by atoms with Crippen LogP contribution in [0.3, 0.4) is 0 Å². The Balaban J connectivity index is -0.000000506. The summed E-state index contributed by atoms with van der Waals surface area (Å²) in [7, 11) is 0. The molecule has 2 N–H and O–H groups in total. The van der Waals surface area contributed by atoms with Crippen molar-refractivity contribution in [3.8, 4) is 0 Å². The Bertz CT molecular complexity index is 253. The van der Waals surface area contributed by atoms with Crippen molar-refractivity contribution in [3.05, 3.63) is 48.1 Å². The highest BCUT2D eigenvalue weighted by Gasteiger charge is 2.01. The van der Waals surface area contributed by atoms with Crippen LogP contribution in [0.15, 0.2) is 48.1 Å². The third kappa shape index (κ3) is 12.6. The molecule has 0 aliphatic carbocycles. The van der Waals surface area contributed by atoms with E-state index in [9.17, 15) is 0 Å². The Labute approximate surface area is 115 Å². The van der Waals surface area contributed by atoms with E-state index in [1.54, 1.807) is 0 Å². The fraction of sp³-hybridized carbons (Fsp3) is 0.500. The van der Waals surface area contributed by atoms with Crippen molar-refractivity contribution < 1.29 is 0 Å². The lowest BCUT2D eigenvalue weighted by atomic mass is 10.2. The summed E-state index contributed by atoms with van der Waals surface area (Å²) in [6.45, 7) is 23.4. The fourth-order valence-corrected chi connectivity index (χ4v) is 1.05. The standard InChI is InChI=1S/C12H20N2.2C2H6/c1-7-11(13-9(3)4)12(8-2)14-10(5)6;2*1-2/h7-8,13-14H,3,5H2,1-2,4,6H3;2*1-2H3/b11-7-,12-8-;;. The summed E-state index contributed by atoms with van der Waals surface area (Å²) in [6, 6.07) is 0. The molecule has 0 saturated carbocycles. The first-order chi connectivity index (χ1) is 8.51. The van der Waals surface area contributed by atoms with Gasteiger partial charge in [0.15, 0.2) is 0 Å². The molecule has 0 heterocycles. The lowest BCUT2D eigenvalue weighted by Gasteiger charge is -2.15. The van der Waals surface area contributed by atoms with Crippen LogP contribution in [-0.4, -0.2) is 0 Å². The molecule has 2 heteroatoms. The van der Waals surface area contributed by atoms with E-state index < -0.39 is 0 Å². The minimum atomic E-state index is 0.918. The second-order valence-corrected chi connectivity index (χ2v) is 3.22. The van der Waals surface area contributed by atoms with Crippen LogP contribution in [0.2, 0.25) is 0 Å². The fourth-order valence-electron chi connectivity index (χ4n) is 1.05. The van der Waals surface area contributed by atoms with E-state index in [4.69, 9.17) is 0 Å². The topological polar surface area (TPSA) is 24.1 Å². The molecule has 0 atom stereocenters. The van der Waals surface area contributed by atoms with Gasteiger partial charge in [0.2, 0.25) is 0 Å². The first kappa shape index (κ1) is 21.8. The van der Waals surface area contributed by atoms with E-state index in [-0.39, 0.29) is 0 Å². The molecular formula is C16H32N2. The summed E-state index contributed by atoms with van der Waals surface area (Å²) in [5.74, 6) is 0. The van der Waals surface area contributed by atoms with E-state index in [0.717, 1.165) is 22.8 Å². The molecule has 0 aliphatic heterocycles. The minimum absolute atomic E-state index is 0.918. The first-order valence-corrected chi connectivity index (χ1v) is 6.69. The summed E-state index contributed by atoms with van der Waals surface area (Å²) in [4.78, 5) is 0. The summed E-state index contributed by atoms with van der Waals surface area (Å²) >= 11 is 0. The molecule has 0 fully saturated rings. The third-order valence-electron chi connectivity index (χ3n) is 1.56. The van der Waals surface area contributed by atoms with Crippen LogP contribution < -0.4 is 10.6 Å². The first-order valence-electron chi connectivity index (χ1n) is 6.69. The zero-order valence-electron chi connectivity index (χ0n) is 13.6. The minimum Gasteiger partial charge on any atom is -0.358 e. The number of nitrogens with one attached hydrogen (secondary N) is 2. The molecule has 0 amide bonds. The van der Waals surface area contributed by atoms with Gasteiger partial charge in [-0.2, -0.15) is 0 Å². The van der Waals surface area contributed by atoms with E-state index in [2.05, 4.69) is 23.8 Å². The lowest BCUT2D eigenvalue weighted by molar-refractivity contribution is 0.892. The Hall–Kier alpha value is -1.44. The van der Waals surface area contributed by atoms with E-state index in [1.165, 1.54) is 0 Å². The highest BCUT2D eigenvalue weighted by Crippen LogP contribution is 2.06. The van der Waals surface area contributed by atoms with Gasteiger partial charge in [0.1, 0.15) is 0 Å². The zero-order valence-corrected chi connectivity index (χ0v) is 13.6. The molecule has 0 bridgehead atoms. The SMILES string of the molecule is C=C(C)NC(=C\C)/C(=C/C)NC(=C)C.CC.CC. The molecule has 0 aromatic carbocycles. The molecule has 18 heavy (non-hydrogen) atoms. The third-order valence-corrected chi connectivity index (χ3v) is 1.56. The van der Waals surface area contributed by atoms with Crippen LogP contribution >= 0.6 is 0 Å². The normalized spacial score (nSPS) is 10.2. The van der Waals surface area contributed by atoms with Crippen molar-refractivity contribution in [1.82, 2.24) is 10.6 Å². The van der Waals surface area contributed by atoms with Crippen LogP contribution in [0.5, 0.6) is 0 Å². The number of hydrogen-bond donors (Lipinski definition) is 2. The molecule has 0 rings (SSSR count). The number of allylic oxidation sites excluding steroid dienone is 4. The quantitative estimate of drug-likeness (QED) is 0.666. The Morgan fingerprint density at radius 1 is 0.722 bits per heavy atom. The Kier molecular flexibility index (Phi) is 18.8. The molecule has 0 aromatic rings. The zero-order chi connectivity index (χ0) is 15.1. The van der Waals surface area contributed by atoms with Crippen molar-refractivity contribution in [2.24, 2.45) is 0 Å². The predicted octanol–water partition coefficient (Wildman–Crippen LogP) is 5.09. The maximum Gasteiger partial charge on any atom is 0.0574 e. The largest absolute Gasteiger partial charge is 0.358 e. The highest BCUT2D eigenvalue weighted by atomic mass is 15.0. The Morgan fingerprint density at radius 3 is 1.06 bits per heavy atom. The van der Waals surface area contributed by atoms with Crippen molar-refractivity contribution in [3.63, 3.8) is 0 Å². The van der Waals surface area contributed by atoms with E-state index in [1.807, 2.05) is 67.5 Å². The molecule has 0 unspecified atom stereocenters. The average Bonchev–Trinajstić information content (AvgIpc) is 2.37. The summed E-state index contributed by atoms with van der Waals surface area (Å²) in [5.41, 5.74) is 3.87. The van der Waals surface area contributed by atoms with Gasteiger partial charge in [0, 0.05) is 11.4 Å². The number of hydrogen-bond acceptors (Lipinski definition) is 2. The van der Waals surface area contributed by atoms with Gasteiger partial charge in [-0.3, -0.25) is 0 Å². The molecule has 2 nitrogen and oxygen atoms in total. The molecule has 0 aliphatic rings. The van der Waals surface area contributed by atoms with E-state index in [0.29, 0.717) is 0 Å². The van der Waals surface area contributed by atoms with Crippen molar-refractivity contribution in [1.29, 1.82) is 0 Å². The van der Waals surface area contributed by atoms with Crippen LogP contribution in [0.1, 0.15) is 55.4 Å². The van der Waals surface area contributed by atoms with Crippen molar-refractivity contribution >= 4 is 0 Å². The predicted molar refractivity (Wildman–Crippen MR) is 86.1 cm³/mol. The summed E-state index contributed by atoms with van der Waals surface area (Å²) in [5, 5.41) is 6.36. The second-order valence-electron chi connectivity index (χ2n) is 3.22. The highest BCUT2D eigenvalue weighted by molar-refractivity contribution is 5.31. The van der Waals surface area contributed by atoms with Gasteiger partial charge in [-0.05, 0) is 27.7 Å². The monoisotopic (exact) mass is 252 g/mol. The lowest BCUT2D eigenvalue weighted by Crippen LogP contribution is -2.20. The summed E-state index contributed by atoms with van der Waals surface area (Å²) in [6.07, 6.45) is 4.00. The molecule has 0 spiro atoms. The maximum atomic E-state index is 3.81. The van der Waals surface area contributed by atoms with Crippen molar-refractivity contribution in [2.45, 2.75) is 55.4 Å². The van der Waals surface area contributed by atoms with Crippen LogP contribution in [0.25, 0.3) is 0 Å². The van der Waals surface area contributed by atoms with Crippen LogP contribution in [-0.2, 0) is 0 Å². The van der Waals surface area contributed by atoms with Gasteiger partial charge in [0.05, 0.1) is 11.4 Å². The second kappa shape index (κ2) is 15.6. The molecule has 0 saturated heterocycles. The van der Waals surface area contributed by atoms with E-state index >= 15 is 0 Å². The smallest absolute Gasteiger partial charge is 0.0574 e.